The van der Waals surface area contributed by atoms with E-state index in [1.807, 2.05) is 6.07 Å². The second-order valence-corrected chi connectivity index (χ2v) is 7.46. The molecule has 0 aromatic heterocycles. The van der Waals surface area contributed by atoms with E-state index < -0.39 is 17.0 Å². The third-order valence-electron chi connectivity index (χ3n) is 3.53. The molecule has 0 aliphatic rings. The molecule has 1 atom stereocenters. The molecule has 0 radical (unpaired) electrons. The van der Waals surface area contributed by atoms with Gasteiger partial charge in [0.2, 0.25) is 0 Å². The summed E-state index contributed by atoms with van der Waals surface area (Å²) in [5.41, 5.74) is 1.40. The van der Waals surface area contributed by atoms with Crippen molar-refractivity contribution >= 4 is 45.5 Å². The van der Waals surface area contributed by atoms with Gasteiger partial charge in [0.25, 0.3) is 0 Å². The topological polar surface area (TPSA) is 92.2 Å². The van der Waals surface area contributed by atoms with Crippen molar-refractivity contribution in [3.63, 3.8) is 0 Å². The summed E-state index contributed by atoms with van der Waals surface area (Å²) in [6.45, 7) is 1.86. The van der Waals surface area contributed by atoms with Crippen molar-refractivity contribution in [2.45, 2.75) is 6.10 Å². The van der Waals surface area contributed by atoms with Crippen LogP contribution in [0.3, 0.4) is 0 Å². The molecule has 0 aliphatic carbocycles. The monoisotopic (exact) mass is 446 g/mol. The Morgan fingerprint density at radius 2 is 1.89 bits per heavy atom. The number of anilines is 1. The van der Waals surface area contributed by atoms with Crippen molar-refractivity contribution in [1.82, 2.24) is 5.32 Å². The Kier molecular flexibility index (Phi) is 9.83. The summed E-state index contributed by atoms with van der Waals surface area (Å²) in [5.74, 6) is 0.586. The van der Waals surface area contributed by atoms with Crippen LogP contribution in [-0.2, 0) is 19.3 Å². The van der Waals surface area contributed by atoms with Gasteiger partial charge in [-0.3, -0.25) is 0 Å². The number of halogens is 2. The summed E-state index contributed by atoms with van der Waals surface area (Å²) in [6, 6.07) is 12.0. The number of hydrogen-bond acceptors (Lipinski definition) is 8. The van der Waals surface area contributed by atoms with Crippen LogP contribution in [0.5, 0.6) is 5.75 Å². The molecule has 0 spiro atoms. The Morgan fingerprint density at radius 3 is 2.57 bits per heavy atom. The number of rotatable bonds is 11. The second-order valence-electron chi connectivity index (χ2n) is 5.69. The fraction of sp³-hybridized carbons (Fsp3) is 0.333. The van der Waals surface area contributed by atoms with Crippen LogP contribution in [-0.4, -0.2) is 44.6 Å². The molecule has 3 N–H and O–H groups in total. The second kappa shape index (κ2) is 12.1. The van der Waals surface area contributed by atoms with Crippen LogP contribution in [0.1, 0.15) is 0 Å². The van der Waals surface area contributed by atoms with Gasteiger partial charge in [0.05, 0.1) is 10.0 Å². The van der Waals surface area contributed by atoms with Gasteiger partial charge in [-0.1, -0.05) is 34.1 Å². The molecule has 2 rings (SSSR count). The van der Waals surface area contributed by atoms with Gasteiger partial charge < -0.3 is 33.2 Å². The lowest BCUT2D eigenvalue weighted by Gasteiger charge is -2.14. The van der Waals surface area contributed by atoms with Crippen LogP contribution in [0.2, 0.25) is 10.0 Å². The molecule has 7 nitrogen and oxygen atoms in total. The van der Waals surface area contributed by atoms with E-state index in [1.54, 1.807) is 36.4 Å². The third-order valence-corrected chi connectivity index (χ3v) is 4.92. The fourth-order valence-electron chi connectivity index (χ4n) is 2.15. The molecule has 0 saturated carbocycles. The number of benzene rings is 2. The van der Waals surface area contributed by atoms with Crippen molar-refractivity contribution in [2.24, 2.45) is 4.36 Å². The van der Waals surface area contributed by atoms with Gasteiger partial charge in [-0.2, -0.15) is 0 Å². The standard InChI is InChI=1S/C18H22Cl2N3O4S/c1-26-28(25)23-13-2-5-16(6-3-13)27-12-15(24)11-21-8-9-22-14-4-7-17(19)18(20)10-14/h2-7,10,15,21-22,24H,8-9,11-12H2,1H3/q-1. The molecule has 2 aromatic carbocycles. The molecule has 0 fully saturated rings. The summed E-state index contributed by atoms with van der Waals surface area (Å²) >= 11 is 11.8. The minimum atomic E-state index is -1.70. The van der Waals surface area contributed by atoms with Crippen LogP contribution in [0.15, 0.2) is 46.8 Å². The Morgan fingerprint density at radius 1 is 1.14 bits per heavy atom. The molecule has 0 aliphatic heterocycles. The number of hydrogen-bond donors (Lipinski definition) is 3. The quantitative estimate of drug-likeness (QED) is 0.359. The van der Waals surface area contributed by atoms with Crippen LogP contribution in [0.25, 0.3) is 0 Å². The fourth-order valence-corrected chi connectivity index (χ4v) is 2.81. The molecular formula is C18H22Cl2N3O4S-. The van der Waals surface area contributed by atoms with E-state index in [9.17, 15) is 9.32 Å². The number of aliphatic hydroxyl groups is 1. The van der Waals surface area contributed by atoms with Crippen molar-refractivity contribution < 1.29 is 18.2 Å². The molecule has 0 saturated heterocycles. The largest absolute Gasteiger partial charge is 0.491 e. The van der Waals surface area contributed by atoms with Gasteiger partial charge in [-0.05, 0) is 42.5 Å². The first-order valence-corrected chi connectivity index (χ1v) is 10.3. The molecule has 0 heterocycles. The van der Waals surface area contributed by atoms with Crippen LogP contribution in [0.4, 0.5) is 11.4 Å². The lowest BCUT2D eigenvalue weighted by atomic mass is 10.3. The van der Waals surface area contributed by atoms with Crippen molar-refractivity contribution in [3.05, 3.63) is 52.5 Å². The zero-order chi connectivity index (χ0) is 20.4. The molecule has 10 heteroatoms. The minimum Gasteiger partial charge on any atom is -0.491 e. The third kappa shape index (κ3) is 8.22. The van der Waals surface area contributed by atoms with E-state index in [-0.39, 0.29) is 6.61 Å². The van der Waals surface area contributed by atoms with Gasteiger partial charge in [0, 0.05) is 38.1 Å². The summed E-state index contributed by atoms with van der Waals surface area (Å²) in [7, 11) is -0.382. The maximum Gasteiger partial charge on any atom is 0.119 e. The smallest absolute Gasteiger partial charge is 0.119 e. The Labute approximate surface area is 176 Å². The van der Waals surface area contributed by atoms with Crippen LogP contribution in [0, 0.1) is 0 Å². The predicted molar refractivity (Wildman–Crippen MR) is 113 cm³/mol. The highest BCUT2D eigenvalue weighted by Gasteiger charge is 2.05. The van der Waals surface area contributed by atoms with E-state index in [0.717, 1.165) is 5.69 Å². The number of ether oxygens (including phenoxy) is 1. The van der Waals surface area contributed by atoms with E-state index in [2.05, 4.69) is 19.2 Å². The van der Waals surface area contributed by atoms with E-state index >= 15 is 0 Å². The van der Waals surface area contributed by atoms with Gasteiger partial charge in [0.15, 0.2) is 0 Å². The number of aliphatic hydroxyl groups excluding tert-OH is 1. The van der Waals surface area contributed by atoms with Crippen molar-refractivity contribution in [1.29, 1.82) is 0 Å². The zero-order valence-electron chi connectivity index (χ0n) is 15.2. The van der Waals surface area contributed by atoms with E-state index in [1.165, 1.54) is 7.11 Å². The Bertz CT molecular complexity index is 830. The van der Waals surface area contributed by atoms with Crippen molar-refractivity contribution in [3.8, 4) is 5.75 Å². The molecule has 154 valence electrons. The molecule has 0 amide bonds. The van der Waals surface area contributed by atoms with Gasteiger partial charge >= 0.3 is 0 Å². The average molecular weight is 447 g/mol. The first-order valence-electron chi connectivity index (χ1n) is 8.46. The Hall–Kier alpha value is -1.55. The number of nitrogens with zero attached hydrogens (tertiary/aromatic N) is 1. The molecule has 28 heavy (non-hydrogen) atoms. The molecule has 2 aromatic rings. The normalized spacial score (nSPS) is 13.3. The first kappa shape index (κ1) is 22.7. The first-order chi connectivity index (χ1) is 13.5. The predicted octanol–water partition coefficient (Wildman–Crippen LogP) is 3.78. The van der Waals surface area contributed by atoms with Gasteiger partial charge in [0.1, 0.15) is 18.5 Å². The summed E-state index contributed by atoms with van der Waals surface area (Å²) in [4.78, 5) is 0. The highest BCUT2D eigenvalue weighted by molar-refractivity contribution is 7.69. The lowest BCUT2D eigenvalue weighted by molar-refractivity contribution is 0.107. The highest BCUT2D eigenvalue weighted by Crippen LogP contribution is 2.24. The summed E-state index contributed by atoms with van der Waals surface area (Å²) < 4.78 is 25.1. The molecule has 1 unspecified atom stereocenters. The minimum absolute atomic E-state index is 0.147. The van der Waals surface area contributed by atoms with Crippen LogP contribution >= 0.6 is 23.2 Å². The highest BCUT2D eigenvalue weighted by atomic mass is 35.5. The lowest BCUT2D eigenvalue weighted by Crippen LogP contribution is -2.34. The molecule has 0 bridgehead atoms. The summed E-state index contributed by atoms with van der Waals surface area (Å²) in [6.07, 6.45) is -0.657. The maximum atomic E-state index is 11.2. The van der Waals surface area contributed by atoms with Crippen molar-refractivity contribution in [2.75, 3.05) is 38.7 Å². The molecular weight excluding hydrogens is 425 g/mol. The average Bonchev–Trinajstić information content (AvgIpc) is 2.69. The number of nitrogens with one attached hydrogen (secondary N) is 2. The van der Waals surface area contributed by atoms with Gasteiger partial charge in [-0.15, -0.1) is 0 Å². The van der Waals surface area contributed by atoms with E-state index in [4.69, 9.17) is 27.9 Å². The van der Waals surface area contributed by atoms with Crippen LogP contribution < -0.4 is 15.4 Å². The SMILES string of the molecule is CO[S-](=O)=Nc1ccc(OCC(O)CNCCNc2ccc(Cl)c(Cl)c2)cc1. The van der Waals surface area contributed by atoms with Gasteiger partial charge in [-0.25, -0.2) is 0 Å². The van der Waals surface area contributed by atoms with E-state index in [0.29, 0.717) is 41.1 Å². The maximum absolute atomic E-state index is 11.2. The Balaban J connectivity index is 1.62. The zero-order valence-corrected chi connectivity index (χ0v) is 17.6. The summed E-state index contributed by atoms with van der Waals surface area (Å²) in [5, 5.41) is 17.4.